The van der Waals surface area contributed by atoms with Crippen LogP contribution in [0.3, 0.4) is 0 Å². The van der Waals surface area contributed by atoms with E-state index < -0.39 is 10.0 Å². The van der Waals surface area contributed by atoms with E-state index in [-0.39, 0.29) is 11.8 Å². The molecule has 0 saturated carbocycles. The first kappa shape index (κ1) is 15.9. The third-order valence-electron chi connectivity index (χ3n) is 3.91. The van der Waals surface area contributed by atoms with Crippen LogP contribution in [0.2, 0.25) is 0 Å². The summed E-state index contributed by atoms with van der Waals surface area (Å²) < 4.78 is 26.4. The first-order valence-corrected chi connectivity index (χ1v) is 8.69. The van der Waals surface area contributed by atoms with Gasteiger partial charge >= 0.3 is 0 Å². The summed E-state index contributed by atoms with van der Waals surface area (Å²) >= 11 is 0. The van der Waals surface area contributed by atoms with Crippen molar-refractivity contribution in [3.05, 3.63) is 0 Å². The maximum atomic E-state index is 12.3. The van der Waals surface area contributed by atoms with Gasteiger partial charge in [-0.25, -0.2) is 8.42 Å². The lowest BCUT2D eigenvalue weighted by Gasteiger charge is -2.40. The third kappa shape index (κ3) is 4.21. The third-order valence-corrected chi connectivity index (χ3v) is 5.91. The Morgan fingerprint density at radius 1 is 1.28 bits per heavy atom. The van der Waals surface area contributed by atoms with Crippen LogP contribution in [0.25, 0.3) is 0 Å². The highest BCUT2D eigenvalue weighted by Crippen LogP contribution is 2.29. The van der Waals surface area contributed by atoms with Gasteiger partial charge in [-0.3, -0.25) is 0 Å². The normalized spacial score (nSPS) is 30.6. The minimum atomic E-state index is -3.09. The molecule has 108 valence electrons. The van der Waals surface area contributed by atoms with Crippen molar-refractivity contribution >= 4 is 10.0 Å². The SMILES string of the molecule is CCNCCCS(=O)(=O)N1CC(C)CC(C)C1C. The minimum absolute atomic E-state index is 0.144. The van der Waals surface area contributed by atoms with E-state index in [0.29, 0.717) is 24.8 Å². The van der Waals surface area contributed by atoms with Gasteiger partial charge in [-0.1, -0.05) is 20.8 Å². The molecule has 1 aliphatic rings. The summed E-state index contributed by atoms with van der Waals surface area (Å²) in [6.07, 6.45) is 1.83. The first-order valence-electron chi connectivity index (χ1n) is 7.08. The molecule has 1 fully saturated rings. The number of piperidine rings is 1. The standard InChI is InChI=1S/C13H28N2O2S/c1-5-14-7-6-8-18(16,17)15-10-11(2)9-12(3)13(15)4/h11-14H,5-10H2,1-4H3. The fraction of sp³-hybridized carbons (Fsp3) is 1.00. The van der Waals surface area contributed by atoms with E-state index in [1.54, 1.807) is 4.31 Å². The first-order chi connectivity index (χ1) is 8.38. The summed E-state index contributed by atoms with van der Waals surface area (Å²) in [4.78, 5) is 0. The Morgan fingerprint density at radius 2 is 1.94 bits per heavy atom. The lowest BCUT2D eigenvalue weighted by Crippen LogP contribution is -2.49. The van der Waals surface area contributed by atoms with Gasteiger partial charge in [0.1, 0.15) is 0 Å². The largest absolute Gasteiger partial charge is 0.317 e. The lowest BCUT2D eigenvalue weighted by molar-refractivity contribution is 0.157. The van der Waals surface area contributed by atoms with Gasteiger partial charge in [-0.2, -0.15) is 4.31 Å². The summed E-state index contributed by atoms with van der Waals surface area (Å²) in [7, 11) is -3.09. The molecule has 1 rings (SSSR count). The van der Waals surface area contributed by atoms with E-state index in [1.807, 2.05) is 13.8 Å². The number of nitrogens with one attached hydrogen (secondary N) is 1. The fourth-order valence-corrected chi connectivity index (χ4v) is 4.64. The van der Waals surface area contributed by atoms with Crippen LogP contribution >= 0.6 is 0 Å². The van der Waals surface area contributed by atoms with Crippen LogP contribution in [0.5, 0.6) is 0 Å². The molecule has 1 heterocycles. The molecule has 0 radical (unpaired) electrons. The van der Waals surface area contributed by atoms with Crippen molar-refractivity contribution in [1.29, 1.82) is 0 Å². The van der Waals surface area contributed by atoms with Crippen LogP contribution in [0.15, 0.2) is 0 Å². The summed E-state index contributed by atoms with van der Waals surface area (Å²) in [5, 5.41) is 3.17. The summed E-state index contributed by atoms with van der Waals surface area (Å²) in [6.45, 7) is 10.7. The van der Waals surface area contributed by atoms with E-state index in [1.165, 1.54) is 0 Å². The summed E-state index contributed by atoms with van der Waals surface area (Å²) in [5.41, 5.74) is 0. The number of hydrogen-bond donors (Lipinski definition) is 1. The Kier molecular flexibility index (Phi) is 6.08. The predicted octanol–water partition coefficient (Wildman–Crippen LogP) is 1.68. The molecule has 3 atom stereocenters. The van der Waals surface area contributed by atoms with Crippen LogP contribution in [-0.2, 0) is 10.0 Å². The van der Waals surface area contributed by atoms with Crippen molar-refractivity contribution in [1.82, 2.24) is 9.62 Å². The second kappa shape index (κ2) is 6.87. The molecule has 0 aliphatic carbocycles. The van der Waals surface area contributed by atoms with Crippen LogP contribution < -0.4 is 5.32 Å². The van der Waals surface area contributed by atoms with Gasteiger partial charge in [-0.15, -0.1) is 0 Å². The molecule has 4 nitrogen and oxygen atoms in total. The van der Waals surface area contributed by atoms with Crippen molar-refractivity contribution in [3.8, 4) is 0 Å². The molecule has 0 aromatic carbocycles. The van der Waals surface area contributed by atoms with Gasteiger partial charge in [0.05, 0.1) is 5.75 Å². The Morgan fingerprint density at radius 3 is 2.56 bits per heavy atom. The van der Waals surface area contributed by atoms with Crippen molar-refractivity contribution in [2.75, 3.05) is 25.4 Å². The summed E-state index contributed by atoms with van der Waals surface area (Å²) in [6, 6.07) is 0.144. The topological polar surface area (TPSA) is 49.4 Å². The highest BCUT2D eigenvalue weighted by molar-refractivity contribution is 7.89. The molecule has 5 heteroatoms. The highest BCUT2D eigenvalue weighted by Gasteiger charge is 2.35. The number of nitrogens with zero attached hydrogens (tertiary/aromatic N) is 1. The minimum Gasteiger partial charge on any atom is -0.317 e. The van der Waals surface area contributed by atoms with E-state index in [2.05, 4.69) is 19.2 Å². The Balaban J connectivity index is 2.59. The van der Waals surface area contributed by atoms with Crippen LogP contribution in [0, 0.1) is 11.8 Å². The molecule has 0 aromatic rings. The van der Waals surface area contributed by atoms with Crippen molar-refractivity contribution in [3.63, 3.8) is 0 Å². The van der Waals surface area contributed by atoms with Crippen LogP contribution in [-0.4, -0.2) is 44.2 Å². The predicted molar refractivity (Wildman–Crippen MR) is 76.1 cm³/mol. The molecule has 3 unspecified atom stereocenters. The molecule has 0 bridgehead atoms. The van der Waals surface area contributed by atoms with E-state index in [4.69, 9.17) is 0 Å². The van der Waals surface area contributed by atoms with Crippen molar-refractivity contribution in [2.45, 2.75) is 46.6 Å². The van der Waals surface area contributed by atoms with Gasteiger partial charge in [0.25, 0.3) is 0 Å². The zero-order chi connectivity index (χ0) is 13.8. The monoisotopic (exact) mass is 276 g/mol. The molecule has 1 aliphatic heterocycles. The number of rotatable bonds is 6. The molecular formula is C13H28N2O2S. The Labute approximate surface area is 112 Å². The zero-order valence-corrected chi connectivity index (χ0v) is 13.0. The zero-order valence-electron chi connectivity index (χ0n) is 12.1. The molecule has 0 spiro atoms. The van der Waals surface area contributed by atoms with Crippen molar-refractivity contribution in [2.24, 2.45) is 11.8 Å². The highest BCUT2D eigenvalue weighted by atomic mass is 32.2. The van der Waals surface area contributed by atoms with Gasteiger partial charge in [-0.05, 0) is 44.7 Å². The Hall–Kier alpha value is -0.130. The second-order valence-corrected chi connectivity index (χ2v) is 7.69. The number of hydrogen-bond acceptors (Lipinski definition) is 3. The van der Waals surface area contributed by atoms with Gasteiger partial charge in [0.2, 0.25) is 10.0 Å². The Bertz CT molecular complexity index is 343. The van der Waals surface area contributed by atoms with Crippen LogP contribution in [0.4, 0.5) is 0 Å². The number of sulfonamides is 1. The summed E-state index contributed by atoms with van der Waals surface area (Å²) in [5.74, 6) is 1.20. The molecule has 18 heavy (non-hydrogen) atoms. The van der Waals surface area contributed by atoms with Crippen LogP contribution in [0.1, 0.15) is 40.5 Å². The molecule has 1 saturated heterocycles. The van der Waals surface area contributed by atoms with E-state index in [0.717, 1.165) is 19.5 Å². The fourth-order valence-electron chi connectivity index (χ4n) is 2.70. The van der Waals surface area contributed by atoms with E-state index >= 15 is 0 Å². The second-order valence-electron chi connectivity index (χ2n) is 5.65. The molecular weight excluding hydrogens is 248 g/mol. The average molecular weight is 276 g/mol. The van der Waals surface area contributed by atoms with Gasteiger partial charge in [0.15, 0.2) is 0 Å². The van der Waals surface area contributed by atoms with Gasteiger partial charge in [0, 0.05) is 12.6 Å². The average Bonchev–Trinajstić information content (AvgIpc) is 2.29. The maximum absolute atomic E-state index is 12.3. The molecule has 0 amide bonds. The molecule has 1 N–H and O–H groups in total. The smallest absolute Gasteiger partial charge is 0.214 e. The maximum Gasteiger partial charge on any atom is 0.214 e. The van der Waals surface area contributed by atoms with Crippen molar-refractivity contribution < 1.29 is 8.42 Å². The quantitative estimate of drug-likeness (QED) is 0.751. The molecule has 0 aromatic heterocycles. The van der Waals surface area contributed by atoms with Gasteiger partial charge < -0.3 is 5.32 Å². The van der Waals surface area contributed by atoms with E-state index in [9.17, 15) is 8.42 Å². The lowest BCUT2D eigenvalue weighted by atomic mass is 9.88.